The number of nitrogens with zero attached hydrogens (tertiary/aromatic N) is 1. The van der Waals surface area contributed by atoms with Crippen molar-refractivity contribution in [1.82, 2.24) is 10.2 Å². The van der Waals surface area contributed by atoms with Gasteiger partial charge in [0.05, 0.1) is 11.8 Å². The minimum atomic E-state index is -0.858. The third-order valence-electron chi connectivity index (χ3n) is 4.44. The Morgan fingerprint density at radius 3 is 2.22 bits per heavy atom. The second kappa shape index (κ2) is 4.53. The average Bonchev–Trinajstić information content (AvgIpc) is 2.85. The van der Waals surface area contributed by atoms with Gasteiger partial charge in [0.2, 0.25) is 5.91 Å². The third kappa shape index (κ3) is 2.36. The van der Waals surface area contributed by atoms with Crippen molar-refractivity contribution in [3.63, 3.8) is 0 Å². The maximum atomic E-state index is 12.1. The van der Waals surface area contributed by atoms with E-state index in [1.54, 1.807) is 0 Å². The molecule has 18 heavy (non-hydrogen) atoms. The molecule has 102 valence electrons. The molecule has 2 rings (SSSR count). The highest BCUT2D eigenvalue weighted by atomic mass is 16.4. The number of hydrogen-bond donors (Lipinski definition) is 2. The first-order valence-electron chi connectivity index (χ1n) is 6.55. The van der Waals surface area contributed by atoms with Crippen LogP contribution in [0.5, 0.6) is 0 Å². The molecule has 2 unspecified atom stereocenters. The molecule has 2 atom stereocenters. The maximum Gasteiger partial charge on any atom is 0.307 e. The summed E-state index contributed by atoms with van der Waals surface area (Å²) in [7, 11) is 2.07. The molecule has 0 bridgehead atoms. The van der Waals surface area contributed by atoms with Crippen LogP contribution in [-0.2, 0) is 9.59 Å². The van der Waals surface area contributed by atoms with Crippen molar-refractivity contribution < 1.29 is 14.7 Å². The first-order valence-corrected chi connectivity index (χ1v) is 6.55. The molecule has 0 aromatic rings. The number of carbonyl (C=O) groups is 2. The molecule has 0 aromatic heterocycles. The van der Waals surface area contributed by atoms with Crippen molar-refractivity contribution in [3.8, 4) is 0 Å². The fourth-order valence-corrected chi connectivity index (χ4v) is 3.03. The van der Waals surface area contributed by atoms with E-state index in [0.29, 0.717) is 0 Å². The van der Waals surface area contributed by atoms with Gasteiger partial charge in [-0.25, -0.2) is 0 Å². The Hall–Kier alpha value is -1.10. The van der Waals surface area contributed by atoms with Gasteiger partial charge in [-0.1, -0.05) is 13.8 Å². The Kier molecular flexibility index (Phi) is 3.36. The largest absolute Gasteiger partial charge is 0.481 e. The van der Waals surface area contributed by atoms with Crippen molar-refractivity contribution in [2.75, 3.05) is 20.1 Å². The summed E-state index contributed by atoms with van der Waals surface area (Å²) in [5.74, 6) is -1.83. The van der Waals surface area contributed by atoms with E-state index < -0.39 is 17.3 Å². The fraction of sp³-hybridized carbons (Fsp3) is 0.846. The van der Waals surface area contributed by atoms with Crippen LogP contribution >= 0.6 is 0 Å². The van der Waals surface area contributed by atoms with Crippen molar-refractivity contribution in [3.05, 3.63) is 0 Å². The number of carboxylic acids is 1. The van der Waals surface area contributed by atoms with Crippen LogP contribution < -0.4 is 5.32 Å². The number of piperidine rings is 1. The van der Waals surface area contributed by atoms with E-state index in [1.165, 1.54) is 0 Å². The van der Waals surface area contributed by atoms with E-state index in [2.05, 4.69) is 17.3 Å². The molecule has 5 heteroatoms. The number of carboxylic acid groups (broad SMARTS) is 1. The lowest BCUT2D eigenvalue weighted by Gasteiger charge is -2.29. The van der Waals surface area contributed by atoms with Crippen LogP contribution in [0.2, 0.25) is 0 Å². The van der Waals surface area contributed by atoms with E-state index in [9.17, 15) is 9.59 Å². The second-order valence-corrected chi connectivity index (χ2v) is 6.20. The van der Waals surface area contributed by atoms with Gasteiger partial charge in [0, 0.05) is 6.04 Å². The van der Waals surface area contributed by atoms with Crippen LogP contribution in [-0.4, -0.2) is 48.1 Å². The zero-order valence-electron chi connectivity index (χ0n) is 11.3. The van der Waals surface area contributed by atoms with Crippen LogP contribution in [0.3, 0.4) is 0 Å². The quantitative estimate of drug-likeness (QED) is 0.772. The zero-order chi connectivity index (χ0) is 13.5. The van der Waals surface area contributed by atoms with Gasteiger partial charge in [-0.05, 0) is 38.4 Å². The summed E-state index contributed by atoms with van der Waals surface area (Å²) in [5, 5.41) is 12.1. The first-order chi connectivity index (χ1) is 8.34. The lowest BCUT2D eigenvalue weighted by atomic mass is 10.0. The number of hydrogen-bond acceptors (Lipinski definition) is 3. The molecule has 2 N–H and O–H groups in total. The van der Waals surface area contributed by atoms with Gasteiger partial charge in [-0.15, -0.1) is 0 Å². The fourth-order valence-electron chi connectivity index (χ4n) is 3.03. The number of likely N-dealkylation sites (tertiary alicyclic amines) is 1. The third-order valence-corrected chi connectivity index (χ3v) is 4.44. The SMILES string of the molecule is CN1CCC(NC(=O)C2C(C(=O)O)C2(C)C)CC1. The highest BCUT2D eigenvalue weighted by Gasteiger charge is 2.65. The minimum absolute atomic E-state index is 0.0815. The average molecular weight is 254 g/mol. The Morgan fingerprint density at radius 2 is 1.78 bits per heavy atom. The molecular weight excluding hydrogens is 232 g/mol. The number of rotatable bonds is 3. The van der Waals surface area contributed by atoms with E-state index in [-0.39, 0.29) is 17.9 Å². The standard InChI is InChI=1S/C13H22N2O3/c1-13(2)9(10(13)12(17)18)11(16)14-8-4-6-15(3)7-5-8/h8-10H,4-7H2,1-3H3,(H,14,16)(H,17,18). The first kappa shape index (κ1) is 13.3. The van der Waals surface area contributed by atoms with Crippen LogP contribution in [0.15, 0.2) is 0 Å². The van der Waals surface area contributed by atoms with E-state index in [0.717, 1.165) is 25.9 Å². The van der Waals surface area contributed by atoms with E-state index in [1.807, 2.05) is 13.8 Å². The van der Waals surface area contributed by atoms with Crippen LogP contribution in [0.25, 0.3) is 0 Å². The van der Waals surface area contributed by atoms with Crippen LogP contribution in [0.4, 0.5) is 0 Å². The number of aliphatic carboxylic acids is 1. The molecule has 5 nitrogen and oxygen atoms in total. The highest BCUT2D eigenvalue weighted by Crippen LogP contribution is 2.58. The highest BCUT2D eigenvalue weighted by molar-refractivity contribution is 5.91. The van der Waals surface area contributed by atoms with Gasteiger partial charge in [-0.2, -0.15) is 0 Å². The van der Waals surface area contributed by atoms with Gasteiger partial charge in [0.15, 0.2) is 0 Å². The second-order valence-electron chi connectivity index (χ2n) is 6.20. The van der Waals surface area contributed by atoms with Gasteiger partial charge in [0.1, 0.15) is 0 Å². The summed E-state index contributed by atoms with van der Waals surface area (Å²) in [6, 6.07) is 0.208. The van der Waals surface area contributed by atoms with Crippen molar-refractivity contribution >= 4 is 11.9 Å². The Morgan fingerprint density at radius 1 is 1.22 bits per heavy atom. The summed E-state index contributed by atoms with van der Waals surface area (Å²) >= 11 is 0. The molecule has 1 aliphatic heterocycles. The Bertz CT molecular complexity index is 359. The number of nitrogens with one attached hydrogen (secondary N) is 1. The number of amides is 1. The molecule has 0 radical (unpaired) electrons. The van der Waals surface area contributed by atoms with Crippen molar-refractivity contribution in [2.24, 2.45) is 17.3 Å². The van der Waals surface area contributed by atoms with Crippen LogP contribution in [0, 0.1) is 17.3 Å². The monoisotopic (exact) mass is 254 g/mol. The Balaban J connectivity index is 1.88. The molecule has 1 aliphatic carbocycles. The van der Waals surface area contributed by atoms with Crippen molar-refractivity contribution in [1.29, 1.82) is 0 Å². The molecule has 0 aromatic carbocycles. The minimum Gasteiger partial charge on any atom is -0.481 e. The van der Waals surface area contributed by atoms with E-state index in [4.69, 9.17) is 5.11 Å². The molecule has 2 fully saturated rings. The molecule has 2 aliphatic rings. The lowest BCUT2D eigenvalue weighted by molar-refractivity contribution is -0.140. The summed E-state index contributed by atoms with van der Waals surface area (Å²) in [6.45, 7) is 5.68. The normalized spacial score (nSPS) is 31.9. The summed E-state index contributed by atoms with van der Waals surface area (Å²) < 4.78 is 0. The zero-order valence-corrected chi connectivity index (χ0v) is 11.3. The van der Waals surface area contributed by atoms with Gasteiger partial charge < -0.3 is 15.3 Å². The maximum absolute atomic E-state index is 12.1. The molecule has 1 saturated carbocycles. The van der Waals surface area contributed by atoms with Gasteiger partial charge >= 0.3 is 5.97 Å². The predicted octanol–water partition coefficient (Wildman–Crippen LogP) is 0.554. The van der Waals surface area contributed by atoms with Gasteiger partial charge in [-0.3, -0.25) is 9.59 Å². The molecule has 0 spiro atoms. The summed E-state index contributed by atoms with van der Waals surface area (Å²) in [6.07, 6.45) is 1.90. The summed E-state index contributed by atoms with van der Waals surface area (Å²) in [4.78, 5) is 25.4. The summed E-state index contributed by atoms with van der Waals surface area (Å²) in [5.41, 5.74) is -0.401. The topological polar surface area (TPSA) is 69.6 Å². The molecule has 1 saturated heterocycles. The number of carbonyl (C=O) groups excluding carboxylic acids is 1. The lowest BCUT2D eigenvalue weighted by Crippen LogP contribution is -2.44. The molecular formula is C13H22N2O3. The molecule has 1 amide bonds. The van der Waals surface area contributed by atoms with Crippen LogP contribution in [0.1, 0.15) is 26.7 Å². The smallest absolute Gasteiger partial charge is 0.307 e. The van der Waals surface area contributed by atoms with Gasteiger partial charge in [0.25, 0.3) is 0 Å². The van der Waals surface area contributed by atoms with Crippen molar-refractivity contribution in [2.45, 2.75) is 32.7 Å². The molecule has 1 heterocycles. The Labute approximate surface area is 108 Å². The predicted molar refractivity (Wildman–Crippen MR) is 67.1 cm³/mol. The van der Waals surface area contributed by atoms with E-state index >= 15 is 0 Å².